The normalized spacial score (nSPS) is 23.9. The van der Waals surface area contributed by atoms with Gasteiger partial charge in [0.1, 0.15) is 5.82 Å². The maximum Gasteiger partial charge on any atom is 0.321 e. The third-order valence-corrected chi connectivity index (χ3v) is 5.91. The fraction of sp³-hybridized carbons (Fsp3) is 0.333. The molecular weight excluding hydrogens is 377 g/mol. The highest BCUT2D eigenvalue weighted by Crippen LogP contribution is 2.58. The lowest BCUT2D eigenvalue weighted by molar-refractivity contribution is -0.118. The molecule has 2 fully saturated rings. The summed E-state index contributed by atoms with van der Waals surface area (Å²) in [6.07, 6.45) is 1.56. The Labute approximate surface area is 166 Å². The number of anilines is 2. The molecule has 7 nitrogen and oxygen atoms in total. The van der Waals surface area contributed by atoms with E-state index in [1.165, 1.54) is 24.3 Å². The summed E-state index contributed by atoms with van der Waals surface area (Å²) in [6.45, 7) is 1.33. The van der Waals surface area contributed by atoms with E-state index in [1.54, 1.807) is 23.1 Å². The molecule has 1 spiro atoms. The van der Waals surface area contributed by atoms with Crippen molar-refractivity contribution in [3.8, 4) is 11.5 Å². The summed E-state index contributed by atoms with van der Waals surface area (Å²) in [5.74, 6) is 0.793. The van der Waals surface area contributed by atoms with Crippen LogP contribution >= 0.6 is 0 Å². The minimum atomic E-state index is -0.350. The first-order valence-corrected chi connectivity index (χ1v) is 9.54. The van der Waals surface area contributed by atoms with Gasteiger partial charge >= 0.3 is 6.03 Å². The molecule has 1 saturated heterocycles. The third kappa shape index (κ3) is 3.35. The van der Waals surface area contributed by atoms with E-state index in [1.807, 2.05) is 0 Å². The lowest BCUT2D eigenvalue weighted by Gasteiger charge is -2.17. The van der Waals surface area contributed by atoms with Gasteiger partial charge in [0.15, 0.2) is 11.5 Å². The zero-order valence-electron chi connectivity index (χ0n) is 15.6. The highest BCUT2D eigenvalue weighted by atomic mass is 19.1. The van der Waals surface area contributed by atoms with Crippen LogP contribution in [0.15, 0.2) is 42.5 Å². The van der Waals surface area contributed by atoms with Crippen LogP contribution in [0.25, 0.3) is 0 Å². The van der Waals surface area contributed by atoms with Gasteiger partial charge in [0.05, 0.1) is 0 Å². The van der Waals surface area contributed by atoms with Crippen molar-refractivity contribution in [2.45, 2.75) is 12.8 Å². The van der Waals surface area contributed by atoms with Crippen LogP contribution in [0.5, 0.6) is 11.5 Å². The third-order valence-electron chi connectivity index (χ3n) is 5.91. The first kappa shape index (κ1) is 17.8. The van der Waals surface area contributed by atoms with Gasteiger partial charge in [-0.2, -0.15) is 0 Å². The SMILES string of the molecule is O=C(Nc1ccc2c(c1)OCO2)[C@H]1C[C@@]12CCN(C(=O)Nc1ccc(F)cc1)C2. The zero-order chi connectivity index (χ0) is 20.0. The van der Waals surface area contributed by atoms with Crippen molar-refractivity contribution in [2.75, 3.05) is 30.5 Å². The van der Waals surface area contributed by atoms with Gasteiger partial charge in [-0.1, -0.05) is 0 Å². The molecule has 0 unspecified atom stereocenters. The van der Waals surface area contributed by atoms with Gasteiger partial charge in [-0.25, -0.2) is 9.18 Å². The summed E-state index contributed by atoms with van der Waals surface area (Å²) in [4.78, 5) is 26.9. The maximum absolute atomic E-state index is 13.0. The lowest BCUT2D eigenvalue weighted by atomic mass is 10.0. The number of halogens is 1. The van der Waals surface area contributed by atoms with Gasteiger partial charge in [-0.3, -0.25) is 4.79 Å². The molecule has 2 aromatic carbocycles. The number of benzene rings is 2. The second-order valence-corrected chi connectivity index (χ2v) is 7.78. The summed E-state index contributed by atoms with van der Waals surface area (Å²) < 4.78 is 23.6. The topological polar surface area (TPSA) is 79.9 Å². The largest absolute Gasteiger partial charge is 0.454 e. The summed E-state index contributed by atoms with van der Waals surface area (Å²) in [5.41, 5.74) is 1.07. The van der Waals surface area contributed by atoms with Gasteiger partial charge < -0.3 is 25.0 Å². The van der Waals surface area contributed by atoms with Crippen LogP contribution in [0.3, 0.4) is 0 Å². The van der Waals surface area contributed by atoms with Crippen molar-refractivity contribution < 1.29 is 23.5 Å². The Kier molecular flexibility index (Phi) is 4.08. The Morgan fingerprint density at radius 1 is 1.03 bits per heavy atom. The summed E-state index contributed by atoms with van der Waals surface area (Å²) >= 11 is 0. The van der Waals surface area contributed by atoms with Crippen molar-refractivity contribution in [3.05, 3.63) is 48.3 Å². The van der Waals surface area contributed by atoms with Gasteiger partial charge in [-0.05, 0) is 49.2 Å². The van der Waals surface area contributed by atoms with Gasteiger partial charge in [0.25, 0.3) is 0 Å². The molecule has 1 aliphatic carbocycles. The summed E-state index contributed by atoms with van der Waals surface area (Å²) in [7, 11) is 0. The quantitative estimate of drug-likeness (QED) is 0.832. The minimum Gasteiger partial charge on any atom is -0.454 e. The number of urea groups is 1. The van der Waals surface area contributed by atoms with Gasteiger partial charge in [0, 0.05) is 41.9 Å². The van der Waals surface area contributed by atoms with E-state index in [0.29, 0.717) is 36.0 Å². The highest BCUT2D eigenvalue weighted by molar-refractivity contribution is 5.96. The maximum atomic E-state index is 13.0. The predicted octanol–water partition coefficient (Wildman–Crippen LogP) is 3.44. The van der Waals surface area contributed by atoms with E-state index < -0.39 is 0 Å². The molecule has 0 aromatic heterocycles. The van der Waals surface area contributed by atoms with Gasteiger partial charge in [-0.15, -0.1) is 0 Å². The number of hydrogen-bond acceptors (Lipinski definition) is 4. The number of fused-ring (bicyclic) bond motifs is 1. The number of amides is 3. The fourth-order valence-electron chi connectivity index (χ4n) is 4.18. The van der Waals surface area contributed by atoms with Crippen LogP contribution in [0, 0.1) is 17.2 Å². The standard InChI is InChI=1S/C21H20FN3O4/c22-13-1-3-14(4-2-13)24-20(27)25-8-7-21(11-25)10-16(21)19(26)23-15-5-6-17-18(9-15)29-12-28-17/h1-6,9,16H,7-8,10-12H2,(H,23,26)(H,24,27)/t16-,21-/m1/s1. The number of carbonyl (C=O) groups is 2. The number of likely N-dealkylation sites (tertiary alicyclic amines) is 1. The monoisotopic (exact) mass is 397 g/mol. The molecule has 2 heterocycles. The van der Waals surface area contributed by atoms with E-state index in [-0.39, 0.29) is 35.9 Å². The fourth-order valence-corrected chi connectivity index (χ4v) is 4.18. The molecule has 2 N–H and O–H groups in total. The molecule has 2 aliphatic heterocycles. The van der Waals surface area contributed by atoms with E-state index in [4.69, 9.17) is 9.47 Å². The van der Waals surface area contributed by atoms with Crippen LogP contribution in [0.2, 0.25) is 0 Å². The number of hydrogen-bond donors (Lipinski definition) is 2. The second-order valence-electron chi connectivity index (χ2n) is 7.78. The lowest BCUT2D eigenvalue weighted by Crippen LogP contribution is -2.33. The number of nitrogens with zero attached hydrogens (tertiary/aromatic N) is 1. The van der Waals surface area contributed by atoms with E-state index >= 15 is 0 Å². The summed E-state index contributed by atoms with van der Waals surface area (Å²) in [6, 6.07) is 10.8. The van der Waals surface area contributed by atoms with E-state index in [0.717, 1.165) is 12.8 Å². The van der Waals surface area contributed by atoms with E-state index in [2.05, 4.69) is 10.6 Å². The predicted molar refractivity (Wildman–Crippen MR) is 103 cm³/mol. The highest BCUT2D eigenvalue weighted by Gasteiger charge is 2.61. The molecule has 0 bridgehead atoms. The van der Waals surface area contributed by atoms with Crippen molar-refractivity contribution in [3.63, 3.8) is 0 Å². The molecule has 2 atom stereocenters. The van der Waals surface area contributed by atoms with Crippen LogP contribution in [0.1, 0.15) is 12.8 Å². The molecule has 3 amide bonds. The van der Waals surface area contributed by atoms with Crippen molar-refractivity contribution in [1.29, 1.82) is 0 Å². The van der Waals surface area contributed by atoms with Crippen LogP contribution in [-0.2, 0) is 4.79 Å². The Balaban J connectivity index is 1.18. The zero-order valence-corrected chi connectivity index (χ0v) is 15.6. The molecule has 29 heavy (non-hydrogen) atoms. The van der Waals surface area contributed by atoms with Crippen LogP contribution in [0.4, 0.5) is 20.6 Å². The Bertz CT molecular complexity index is 980. The molecule has 0 radical (unpaired) electrons. The number of carbonyl (C=O) groups excluding carboxylic acids is 2. The average molecular weight is 397 g/mol. The molecular formula is C21H20FN3O4. The number of nitrogens with one attached hydrogen (secondary N) is 2. The molecule has 2 aromatic rings. The Morgan fingerprint density at radius 3 is 2.62 bits per heavy atom. The van der Waals surface area contributed by atoms with Gasteiger partial charge in [0.2, 0.25) is 12.7 Å². The molecule has 8 heteroatoms. The summed E-state index contributed by atoms with van der Waals surface area (Å²) in [5, 5.41) is 5.72. The van der Waals surface area contributed by atoms with Crippen LogP contribution in [-0.4, -0.2) is 36.7 Å². The van der Waals surface area contributed by atoms with E-state index in [9.17, 15) is 14.0 Å². The molecule has 3 aliphatic rings. The van der Waals surface area contributed by atoms with Crippen molar-refractivity contribution in [2.24, 2.45) is 11.3 Å². The van der Waals surface area contributed by atoms with Crippen molar-refractivity contribution >= 4 is 23.3 Å². The molecule has 150 valence electrons. The average Bonchev–Trinajstić information content (AvgIpc) is 3.02. The Hall–Kier alpha value is -3.29. The first-order chi connectivity index (χ1) is 14.0. The first-order valence-electron chi connectivity index (χ1n) is 9.54. The minimum absolute atomic E-state index is 0.0374. The Morgan fingerprint density at radius 2 is 1.79 bits per heavy atom. The van der Waals surface area contributed by atoms with Crippen molar-refractivity contribution in [1.82, 2.24) is 4.90 Å². The number of rotatable bonds is 3. The molecule has 5 rings (SSSR count). The number of ether oxygens (including phenoxy) is 2. The molecule has 1 saturated carbocycles. The second kappa shape index (κ2) is 6.65. The smallest absolute Gasteiger partial charge is 0.321 e. The van der Waals surface area contributed by atoms with Crippen LogP contribution < -0.4 is 20.1 Å².